The molecule has 0 unspecified atom stereocenters. The van der Waals surface area contributed by atoms with Gasteiger partial charge in [0.25, 0.3) is 0 Å². The molecule has 4 heteroatoms. The zero-order valence-corrected chi connectivity index (χ0v) is 16.3. The highest BCUT2D eigenvalue weighted by Gasteiger charge is 2.31. The predicted octanol–water partition coefficient (Wildman–Crippen LogP) is 4.32. The maximum Gasteiger partial charge on any atom is 0.150 e. The lowest BCUT2D eigenvalue weighted by Gasteiger charge is -2.33. The number of hydrogen-bond donors (Lipinski definition) is 0. The fraction of sp³-hybridized carbons (Fsp3) is 1.00. The normalized spacial score (nSPS) is 24.5. The van der Waals surface area contributed by atoms with Crippen molar-refractivity contribution in [1.82, 2.24) is 0 Å². The van der Waals surface area contributed by atoms with Gasteiger partial charge in [-0.25, -0.2) is 8.42 Å². The van der Waals surface area contributed by atoms with Crippen LogP contribution in [0.3, 0.4) is 0 Å². The van der Waals surface area contributed by atoms with Crippen molar-refractivity contribution in [1.29, 1.82) is 0 Å². The molecule has 132 valence electrons. The van der Waals surface area contributed by atoms with Crippen LogP contribution in [0.15, 0.2) is 0 Å². The summed E-state index contributed by atoms with van der Waals surface area (Å²) in [6, 6.07) is 0. The molecule has 0 bridgehead atoms. The number of ether oxygens (including phenoxy) is 1. The molecule has 2 fully saturated rings. The van der Waals surface area contributed by atoms with Gasteiger partial charge >= 0.3 is 0 Å². The van der Waals surface area contributed by atoms with Crippen molar-refractivity contribution in [3.05, 3.63) is 0 Å². The lowest BCUT2D eigenvalue weighted by atomic mass is 9.76. The van der Waals surface area contributed by atoms with E-state index in [0.717, 1.165) is 32.0 Å². The van der Waals surface area contributed by atoms with Crippen LogP contribution in [0.4, 0.5) is 0 Å². The first kappa shape index (κ1) is 20.0. The smallest absolute Gasteiger partial charge is 0.150 e. The van der Waals surface area contributed by atoms with Gasteiger partial charge in [0, 0.05) is 13.2 Å². The van der Waals surface area contributed by atoms with Gasteiger partial charge in [-0.3, -0.25) is 0 Å². The molecule has 2 rings (SSSR count). The van der Waals surface area contributed by atoms with Gasteiger partial charge in [0.15, 0.2) is 0 Å². The van der Waals surface area contributed by atoms with Crippen LogP contribution in [-0.2, 0) is 14.6 Å². The summed E-state index contributed by atoms with van der Waals surface area (Å²) >= 11 is 0. The van der Waals surface area contributed by atoms with E-state index < -0.39 is 9.84 Å². The molecule has 3 nitrogen and oxygen atoms in total. The molecule has 0 amide bonds. The van der Waals surface area contributed by atoms with Crippen molar-refractivity contribution in [2.24, 2.45) is 22.7 Å². The summed E-state index contributed by atoms with van der Waals surface area (Å²) < 4.78 is 27.5. The van der Waals surface area contributed by atoms with Crippen LogP contribution >= 0.6 is 0 Å². The largest absolute Gasteiger partial charge is 0.381 e. The molecule has 0 aromatic rings. The van der Waals surface area contributed by atoms with Crippen molar-refractivity contribution < 1.29 is 13.2 Å². The standard InChI is InChI=1S/C9H18O2S.C9H18O/c1-9(2,3)8-4-6-12(10,11)7-5-8;1-9(2,3)8-4-6-10-7-5-8/h8H,4-7H2,1-3H3;8H,4-7H2,1-3H3. The van der Waals surface area contributed by atoms with E-state index in [1.807, 2.05) is 0 Å². The highest BCUT2D eigenvalue weighted by atomic mass is 32.2. The van der Waals surface area contributed by atoms with Crippen LogP contribution in [0.1, 0.15) is 67.2 Å². The van der Waals surface area contributed by atoms with E-state index in [1.54, 1.807) is 0 Å². The maximum atomic E-state index is 11.1. The minimum absolute atomic E-state index is 0.274. The molecule has 2 heterocycles. The zero-order chi connectivity index (χ0) is 17.0. The lowest BCUT2D eigenvalue weighted by molar-refractivity contribution is 0.0286. The van der Waals surface area contributed by atoms with E-state index in [-0.39, 0.29) is 5.41 Å². The molecule has 0 N–H and O–H groups in total. The second-order valence-corrected chi connectivity index (χ2v) is 11.3. The summed E-state index contributed by atoms with van der Waals surface area (Å²) in [6.45, 7) is 15.5. The first-order valence-corrected chi connectivity index (χ1v) is 10.5. The molecule has 0 spiro atoms. The Balaban J connectivity index is 0.000000224. The van der Waals surface area contributed by atoms with Crippen LogP contribution in [0.2, 0.25) is 0 Å². The molecular weight excluding hydrogens is 296 g/mol. The Morgan fingerprint density at radius 2 is 1.09 bits per heavy atom. The first-order valence-electron chi connectivity index (χ1n) is 8.70. The molecule has 0 saturated carbocycles. The third-order valence-electron chi connectivity index (χ3n) is 5.23. The van der Waals surface area contributed by atoms with E-state index in [2.05, 4.69) is 41.5 Å². The SMILES string of the molecule is CC(C)(C)C1CCOCC1.CC(C)(C)C1CCS(=O)(=O)CC1. The van der Waals surface area contributed by atoms with Gasteiger partial charge in [0.1, 0.15) is 9.84 Å². The molecule has 0 aromatic carbocycles. The van der Waals surface area contributed by atoms with Gasteiger partial charge in [-0.15, -0.1) is 0 Å². The van der Waals surface area contributed by atoms with Crippen molar-refractivity contribution in [2.45, 2.75) is 67.2 Å². The molecule has 0 aromatic heterocycles. The molecule has 0 atom stereocenters. The van der Waals surface area contributed by atoms with E-state index >= 15 is 0 Å². The van der Waals surface area contributed by atoms with Crippen LogP contribution < -0.4 is 0 Å². The number of rotatable bonds is 0. The third-order valence-corrected chi connectivity index (χ3v) is 6.94. The average Bonchev–Trinajstić information content (AvgIpc) is 2.38. The second kappa shape index (κ2) is 7.65. The van der Waals surface area contributed by atoms with Gasteiger partial charge < -0.3 is 4.74 Å². The summed E-state index contributed by atoms with van der Waals surface area (Å²) in [5.41, 5.74) is 0.764. The molecule has 0 aliphatic carbocycles. The molecule has 2 aliphatic rings. The van der Waals surface area contributed by atoms with E-state index in [1.165, 1.54) is 12.8 Å². The summed E-state index contributed by atoms with van der Waals surface area (Å²) in [5, 5.41) is 0. The Kier molecular flexibility index (Phi) is 6.94. The highest BCUT2D eigenvalue weighted by molar-refractivity contribution is 7.91. The predicted molar refractivity (Wildman–Crippen MR) is 93.8 cm³/mol. The molecule has 2 saturated heterocycles. The molecule has 22 heavy (non-hydrogen) atoms. The topological polar surface area (TPSA) is 43.4 Å². The van der Waals surface area contributed by atoms with E-state index in [0.29, 0.717) is 22.8 Å². The van der Waals surface area contributed by atoms with Crippen molar-refractivity contribution in [2.75, 3.05) is 24.7 Å². The molecular formula is C18H36O3S. The Bertz CT molecular complexity index is 406. The van der Waals surface area contributed by atoms with Gasteiger partial charge in [-0.2, -0.15) is 0 Å². The van der Waals surface area contributed by atoms with Crippen LogP contribution in [-0.4, -0.2) is 33.1 Å². The first-order chi connectivity index (χ1) is 9.92. The van der Waals surface area contributed by atoms with Crippen molar-refractivity contribution in [3.63, 3.8) is 0 Å². The fourth-order valence-corrected chi connectivity index (χ4v) is 4.81. The Hall–Kier alpha value is -0.0900. The van der Waals surface area contributed by atoms with Crippen molar-refractivity contribution in [3.8, 4) is 0 Å². The summed E-state index contributed by atoms with van der Waals surface area (Å²) in [6.07, 6.45) is 4.21. The van der Waals surface area contributed by atoms with Gasteiger partial charge in [-0.05, 0) is 48.3 Å². The van der Waals surface area contributed by atoms with Crippen LogP contribution in [0.25, 0.3) is 0 Å². The minimum atomic E-state index is -2.68. The Morgan fingerprint density at radius 3 is 1.41 bits per heavy atom. The van der Waals surface area contributed by atoms with E-state index in [4.69, 9.17) is 4.74 Å². The lowest BCUT2D eigenvalue weighted by Crippen LogP contribution is -2.31. The zero-order valence-electron chi connectivity index (χ0n) is 15.4. The number of hydrogen-bond acceptors (Lipinski definition) is 3. The van der Waals surface area contributed by atoms with E-state index in [9.17, 15) is 8.42 Å². The number of sulfone groups is 1. The monoisotopic (exact) mass is 332 g/mol. The summed E-state index contributed by atoms with van der Waals surface area (Å²) in [7, 11) is -2.68. The fourth-order valence-electron chi connectivity index (χ4n) is 3.32. The van der Waals surface area contributed by atoms with Crippen LogP contribution in [0, 0.1) is 22.7 Å². The average molecular weight is 333 g/mol. The Labute approximate surface area is 138 Å². The Morgan fingerprint density at radius 1 is 0.727 bits per heavy atom. The second-order valence-electron chi connectivity index (χ2n) is 9.04. The molecule has 0 radical (unpaired) electrons. The van der Waals surface area contributed by atoms with Gasteiger partial charge in [0.2, 0.25) is 0 Å². The third kappa shape index (κ3) is 6.99. The quantitative estimate of drug-likeness (QED) is 0.663. The minimum Gasteiger partial charge on any atom is -0.381 e. The summed E-state index contributed by atoms with van der Waals surface area (Å²) in [4.78, 5) is 0. The van der Waals surface area contributed by atoms with Crippen molar-refractivity contribution >= 4 is 9.84 Å². The maximum absolute atomic E-state index is 11.1. The molecule has 2 aliphatic heterocycles. The highest BCUT2D eigenvalue weighted by Crippen LogP contribution is 2.35. The van der Waals surface area contributed by atoms with Gasteiger partial charge in [-0.1, -0.05) is 41.5 Å². The summed E-state index contributed by atoms with van der Waals surface area (Å²) in [5.74, 6) is 2.26. The van der Waals surface area contributed by atoms with Crippen LogP contribution in [0.5, 0.6) is 0 Å². The van der Waals surface area contributed by atoms with Gasteiger partial charge in [0.05, 0.1) is 11.5 Å².